The SMILES string of the molecule is CC(C(=O)O)C1CN(C(=O)C2CCC(=O)N2)C1. The molecule has 0 saturated carbocycles. The summed E-state index contributed by atoms with van der Waals surface area (Å²) in [4.78, 5) is 35.2. The van der Waals surface area contributed by atoms with Gasteiger partial charge in [0.1, 0.15) is 6.04 Å². The smallest absolute Gasteiger partial charge is 0.306 e. The first-order chi connectivity index (χ1) is 7.99. The molecule has 6 heteroatoms. The summed E-state index contributed by atoms with van der Waals surface area (Å²) in [7, 11) is 0. The van der Waals surface area contributed by atoms with Gasteiger partial charge in [0.2, 0.25) is 11.8 Å². The number of amides is 2. The number of nitrogens with one attached hydrogen (secondary N) is 1. The van der Waals surface area contributed by atoms with Gasteiger partial charge in [0.25, 0.3) is 0 Å². The van der Waals surface area contributed by atoms with Gasteiger partial charge in [-0.2, -0.15) is 0 Å². The predicted molar refractivity (Wildman–Crippen MR) is 58.0 cm³/mol. The number of nitrogens with zero attached hydrogens (tertiary/aromatic N) is 1. The van der Waals surface area contributed by atoms with Crippen molar-refractivity contribution in [2.45, 2.75) is 25.8 Å². The van der Waals surface area contributed by atoms with E-state index in [1.54, 1.807) is 11.8 Å². The van der Waals surface area contributed by atoms with Crippen LogP contribution in [0.2, 0.25) is 0 Å². The standard InChI is InChI=1S/C11H16N2O4/c1-6(11(16)17)7-4-13(5-7)10(15)8-2-3-9(14)12-8/h6-8H,2-5H2,1H3,(H,12,14)(H,16,17). The predicted octanol–water partition coefficient (Wildman–Crippen LogP) is -0.556. The molecule has 0 spiro atoms. The van der Waals surface area contributed by atoms with Gasteiger partial charge in [0, 0.05) is 25.4 Å². The molecule has 2 aliphatic rings. The van der Waals surface area contributed by atoms with Gasteiger partial charge >= 0.3 is 5.97 Å². The first-order valence-corrected chi connectivity index (χ1v) is 5.80. The number of carboxylic acid groups (broad SMARTS) is 1. The van der Waals surface area contributed by atoms with E-state index in [1.165, 1.54) is 0 Å². The topological polar surface area (TPSA) is 86.7 Å². The quantitative estimate of drug-likeness (QED) is 0.692. The van der Waals surface area contributed by atoms with Crippen molar-refractivity contribution in [3.63, 3.8) is 0 Å². The summed E-state index contributed by atoms with van der Waals surface area (Å²) in [6.07, 6.45) is 0.951. The van der Waals surface area contributed by atoms with Gasteiger partial charge in [-0.1, -0.05) is 6.92 Å². The fourth-order valence-corrected chi connectivity index (χ4v) is 2.23. The van der Waals surface area contributed by atoms with Gasteiger partial charge in [-0.3, -0.25) is 14.4 Å². The number of hydrogen-bond donors (Lipinski definition) is 2. The molecular formula is C11H16N2O4. The Morgan fingerprint density at radius 3 is 2.59 bits per heavy atom. The fourth-order valence-electron chi connectivity index (χ4n) is 2.23. The van der Waals surface area contributed by atoms with Crippen molar-refractivity contribution in [3.8, 4) is 0 Å². The molecule has 2 saturated heterocycles. The maximum absolute atomic E-state index is 11.9. The third-order valence-electron chi connectivity index (χ3n) is 3.61. The van der Waals surface area contributed by atoms with Gasteiger partial charge < -0.3 is 15.3 Å². The Morgan fingerprint density at radius 1 is 1.47 bits per heavy atom. The molecule has 0 radical (unpaired) electrons. The van der Waals surface area contributed by atoms with Crippen LogP contribution in [0.5, 0.6) is 0 Å². The lowest BCUT2D eigenvalue weighted by Gasteiger charge is -2.42. The average Bonchev–Trinajstić information content (AvgIpc) is 2.62. The Morgan fingerprint density at radius 2 is 2.12 bits per heavy atom. The zero-order valence-electron chi connectivity index (χ0n) is 9.68. The van der Waals surface area contributed by atoms with E-state index in [0.717, 1.165) is 0 Å². The lowest BCUT2D eigenvalue weighted by atomic mass is 9.86. The molecule has 2 rings (SSSR count). The van der Waals surface area contributed by atoms with Crippen LogP contribution in [0.4, 0.5) is 0 Å². The third-order valence-corrected chi connectivity index (χ3v) is 3.61. The van der Waals surface area contributed by atoms with Gasteiger partial charge in [0.15, 0.2) is 0 Å². The summed E-state index contributed by atoms with van der Waals surface area (Å²) in [5, 5.41) is 11.5. The van der Waals surface area contributed by atoms with E-state index >= 15 is 0 Å². The number of carboxylic acids is 1. The molecule has 6 nitrogen and oxygen atoms in total. The van der Waals surface area contributed by atoms with Crippen LogP contribution >= 0.6 is 0 Å². The fraction of sp³-hybridized carbons (Fsp3) is 0.727. The van der Waals surface area contributed by atoms with Crippen LogP contribution in [0, 0.1) is 11.8 Å². The van der Waals surface area contributed by atoms with Crippen LogP contribution in [0.15, 0.2) is 0 Å². The van der Waals surface area contributed by atoms with Crippen molar-refractivity contribution in [1.82, 2.24) is 10.2 Å². The molecule has 94 valence electrons. The monoisotopic (exact) mass is 240 g/mol. The van der Waals surface area contributed by atoms with Crippen LogP contribution < -0.4 is 5.32 Å². The van der Waals surface area contributed by atoms with E-state index in [9.17, 15) is 14.4 Å². The summed E-state index contributed by atoms with van der Waals surface area (Å²) in [6, 6.07) is -0.399. The lowest BCUT2D eigenvalue weighted by Crippen LogP contribution is -2.57. The van der Waals surface area contributed by atoms with Crippen molar-refractivity contribution in [2.75, 3.05) is 13.1 Å². The summed E-state index contributed by atoms with van der Waals surface area (Å²) >= 11 is 0. The van der Waals surface area contributed by atoms with Gasteiger partial charge in [-0.15, -0.1) is 0 Å². The molecule has 0 aromatic heterocycles. The van der Waals surface area contributed by atoms with Gasteiger partial charge in [-0.05, 0) is 6.42 Å². The van der Waals surface area contributed by atoms with Gasteiger partial charge in [-0.25, -0.2) is 0 Å². The van der Waals surface area contributed by atoms with Crippen LogP contribution in [0.1, 0.15) is 19.8 Å². The summed E-state index contributed by atoms with van der Waals surface area (Å²) < 4.78 is 0. The van der Waals surface area contributed by atoms with Crippen molar-refractivity contribution in [1.29, 1.82) is 0 Å². The first kappa shape index (κ1) is 11.9. The highest BCUT2D eigenvalue weighted by molar-refractivity contribution is 5.91. The first-order valence-electron chi connectivity index (χ1n) is 5.80. The van der Waals surface area contributed by atoms with E-state index in [4.69, 9.17) is 5.11 Å². The van der Waals surface area contributed by atoms with E-state index in [1.807, 2.05) is 0 Å². The molecule has 2 fully saturated rings. The second-order valence-corrected chi connectivity index (χ2v) is 4.79. The molecule has 0 bridgehead atoms. The zero-order chi connectivity index (χ0) is 12.6. The van der Waals surface area contributed by atoms with E-state index in [2.05, 4.69) is 5.32 Å². The Bertz CT molecular complexity index is 362. The largest absolute Gasteiger partial charge is 0.481 e. The Hall–Kier alpha value is -1.59. The number of carbonyl (C=O) groups excluding carboxylic acids is 2. The Labute approximate surface area is 99.0 Å². The third kappa shape index (κ3) is 2.25. The maximum Gasteiger partial charge on any atom is 0.306 e. The molecule has 0 aromatic carbocycles. The van der Waals surface area contributed by atoms with E-state index in [-0.39, 0.29) is 17.7 Å². The summed E-state index contributed by atoms with van der Waals surface area (Å²) in [5.41, 5.74) is 0. The minimum Gasteiger partial charge on any atom is -0.481 e. The molecule has 2 atom stereocenters. The molecule has 2 unspecified atom stereocenters. The van der Waals surface area contributed by atoms with Crippen LogP contribution in [-0.2, 0) is 14.4 Å². The number of carbonyl (C=O) groups is 3. The molecule has 2 N–H and O–H groups in total. The molecule has 2 aliphatic heterocycles. The highest BCUT2D eigenvalue weighted by Crippen LogP contribution is 2.25. The Balaban J connectivity index is 1.81. The average molecular weight is 240 g/mol. The molecule has 17 heavy (non-hydrogen) atoms. The lowest BCUT2D eigenvalue weighted by molar-refractivity contribution is -0.151. The molecule has 0 aromatic rings. The minimum absolute atomic E-state index is 0.0357. The molecule has 0 aliphatic carbocycles. The number of hydrogen-bond acceptors (Lipinski definition) is 3. The molecule has 2 amide bonds. The van der Waals surface area contributed by atoms with Crippen molar-refractivity contribution in [2.24, 2.45) is 11.8 Å². The normalized spacial score (nSPS) is 26.3. The van der Waals surface area contributed by atoms with Crippen LogP contribution in [0.25, 0.3) is 0 Å². The molecule has 2 heterocycles. The number of likely N-dealkylation sites (tertiary alicyclic amines) is 1. The second-order valence-electron chi connectivity index (χ2n) is 4.79. The van der Waals surface area contributed by atoms with Crippen molar-refractivity contribution >= 4 is 17.8 Å². The summed E-state index contributed by atoms with van der Waals surface area (Å²) in [5.74, 6) is -1.37. The zero-order valence-corrected chi connectivity index (χ0v) is 9.68. The van der Waals surface area contributed by atoms with Crippen molar-refractivity contribution < 1.29 is 19.5 Å². The summed E-state index contributed by atoms with van der Waals surface area (Å²) in [6.45, 7) is 2.63. The van der Waals surface area contributed by atoms with Gasteiger partial charge in [0.05, 0.1) is 5.92 Å². The highest BCUT2D eigenvalue weighted by Gasteiger charge is 2.40. The number of aliphatic carboxylic acids is 1. The second kappa shape index (κ2) is 4.35. The van der Waals surface area contributed by atoms with Crippen molar-refractivity contribution in [3.05, 3.63) is 0 Å². The Kier molecular flexibility index (Phi) is 3.04. The molecular weight excluding hydrogens is 224 g/mol. The number of rotatable bonds is 3. The van der Waals surface area contributed by atoms with Crippen LogP contribution in [-0.4, -0.2) is 46.9 Å². The maximum atomic E-state index is 11.9. The van der Waals surface area contributed by atoms with E-state index in [0.29, 0.717) is 25.9 Å². The highest BCUT2D eigenvalue weighted by atomic mass is 16.4. The van der Waals surface area contributed by atoms with E-state index < -0.39 is 17.9 Å². The minimum atomic E-state index is -0.823. The van der Waals surface area contributed by atoms with Crippen LogP contribution in [0.3, 0.4) is 0 Å².